The van der Waals surface area contributed by atoms with E-state index in [1.165, 1.54) is 212 Å². The largest absolute Gasteiger partial charge is 0.394 e. The number of carbonyl (C=O) groups excluding carboxylic acids is 1. The highest BCUT2D eigenvalue weighted by molar-refractivity contribution is 5.80. The third-order valence-electron chi connectivity index (χ3n) is 14.8. The Morgan fingerprint density at radius 1 is 0.486 bits per heavy atom. The second kappa shape index (κ2) is 48.8. The topological polar surface area (TPSA) is 189 Å². The van der Waals surface area contributed by atoms with Gasteiger partial charge in [0, 0.05) is 0 Å². The van der Waals surface area contributed by atoms with Gasteiger partial charge in [-0.3, -0.25) is 4.79 Å². The summed E-state index contributed by atoms with van der Waals surface area (Å²) in [6.45, 7) is 3.45. The van der Waals surface area contributed by atoms with Crippen molar-refractivity contribution in [3.05, 3.63) is 12.2 Å². The third kappa shape index (κ3) is 36.7. The minimum atomic E-state index is -1.66. The SMILES string of the molecule is CCCCCCCC/C=C\CCCCC(O)C(=O)NC(COC1OC(CO)C(O)C(O)C1O)C(O)C(O)CCCCCCCCCCCCCCCCCCCCCCCCCCCCCCCCC. The number of hydrogen-bond acceptors (Lipinski definition) is 10. The first kappa shape index (κ1) is 66.9. The number of aliphatic hydroxyl groups excluding tert-OH is 7. The van der Waals surface area contributed by atoms with E-state index in [2.05, 4.69) is 31.3 Å². The van der Waals surface area contributed by atoms with E-state index in [0.717, 1.165) is 38.5 Å². The summed E-state index contributed by atoms with van der Waals surface area (Å²) in [6, 6.07) is -1.17. The number of hydrogen-bond donors (Lipinski definition) is 8. The van der Waals surface area contributed by atoms with Crippen LogP contribution in [0, 0.1) is 0 Å². The predicted octanol–water partition coefficient (Wildman–Crippen LogP) is 12.7. The minimum Gasteiger partial charge on any atom is -0.394 e. The summed E-state index contributed by atoms with van der Waals surface area (Å²) < 4.78 is 11.1. The lowest BCUT2D eigenvalue weighted by molar-refractivity contribution is -0.303. The lowest BCUT2D eigenvalue weighted by atomic mass is 9.98. The van der Waals surface area contributed by atoms with Gasteiger partial charge in [0.2, 0.25) is 5.91 Å². The Hall–Kier alpha value is -1.15. The number of amides is 1. The van der Waals surface area contributed by atoms with Gasteiger partial charge in [-0.15, -0.1) is 0 Å². The second-order valence-electron chi connectivity index (χ2n) is 21.4. The van der Waals surface area contributed by atoms with Gasteiger partial charge in [-0.25, -0.2) is 0 Å². The molecule has 0 aromatic heterocycles. The number of nitrogens with one attached hydrogen (secondary N) is 1. The van der Waals surface area contributed by atoms with Gasteiger partial charge in [0.25, 0.3) is 0 Å². The van der Waals surface area contributed by atoms with Gasteiger partial charge in [0.05, 0.1) is 25.4 Å². The highest BCUT2D eigenvalue weighted by Gasteiger charge is 2.44. The van der Waals surface area contributed by atoms with Crippen LogP contribution in [-0.4, -0.2) is 110 Å². The van der Waals surface area contributed by atoms with Crippen LogP contribution in [0.4, 0.5) is 0 Å². The molecule has 0 aliphatic carbocycles. The van der Waals surface area contributed by atoms with Crippen LogP contribution in [0.15, 0.2) is 12.2 Å². The van der Waals surface area contributed by atoms with E-state index >= 15 is 0 Å². The first-order valence-electron chi connectivity index (χ1n) is 30.1. The Morgan fingerprint density at radius 3 is 1.21 bits per heavy atom. The van der Waals surface area contributed by atoms with Crippen molar-refractivity contribution in [1.29, 1.82) is 0 Å². The highest BCUT2D eigenvalue weighted by Crippen LogP contribution is 2.24. The molecule has 1 rings (SSSR count). The molecule has 9 atom stereocenters. The van der Waals surface area contributed by atoms with Crippen LogP contribution < -0.4 is 5.32 Å². The molecule has 1 aliphatic rings. The summed E-state index contributed by atoms with van der Waals surface area (Å²) in [4.78, 5) is 13.1. The molecule has 8 N–H and O–H groups in total. The molecule has 0 spiro atoms. The minimum absolute atomic E-state index is 0.232. The molecule has 1 aliphatic heterocycles. The van der Waals surface area contributed by atoms with Crippen molar-refractivity contribution in [1.82, 2.24) is 5.32 Å². The molecule has 70 heavy (non-hydrogen) atoms. The van der Waals surface area contributed by atoms with Crippen molar-refractivity contribution in [2.75, 3.05) is 13.2 Å². The summed E-state index contributed by atoms with van der Waals surface area (Å²) in [5.41, 5.74) is 0. The molecule has 0 bridgehead atoms. The number of ether oxygens (including phenoxy) is 2. The molecular formula is C59H115NO10. The Morgan fingerprint density at radius 2 is 0.829 bits per heavy atom. The second-order valence-corrected chi connectivity index (χ2v) is 21.4. The molecule has 11 heteroatoms. The molecule has 0 aromatic rings. The first-order valence-corrected chi connectivity index (χ1v) is 30.1. The van der Waals surface area contributed by atoms with Crippen molar-refractivity contribution >= 4 is 5.91 Å². The van der Waals surface area contributed by atoms with Gasteiger partial charge >= 0.3 is 0 Å². The normalized spacial score (nSPS) is 20.3. The average Bonchev–Trinajstić information content (AvgIpc) is 3.36. The zero-order valence-electron chi connectivity index (χ0n) is 45.5. The maximum absolute atomic E-state index is 13.1. The van der Waals surface area contributed by atoms with Gasteiger partial charge in [0.1, 0.15) is 36.6 Å². The van der Waals surface area contributed by atoms with E-state index in [0.29, 0.717) is 19.3 Å². The van der Waals surface area contributed by atoms with E-state index in [1.54, 1.807) is 0 Å². The van der Waals surface area contributed by atoms with Crippen LogP contribution in [0.5, 0.6) is 0 Å². The zero-order valence-corrected chi connectivity index (χ0v) is 45.5. The molecule has 1 amide bonds. The number of rotatable bonds is 52. The average molecular weight is 999 g/mol. The molecule has 11 nitrogen and oxygen atoms in total. The van der Waals surface area contributed by atoms with Crippen LogP contribution in [0.1, 0.15) is 290 Å². The zero-order chi connectivity index (χ0) is 51.1. The Bertz CT molecular complexity index is 1140. The third-order valence-corrected chi connectivity index (χ3v) is 14.8. The fourth-order valence-electron chi connectivity index (χ4n) is 9.91. The molecule has 1 saturated heterocycles. The van der Waals surface area contributed by atoms with E-state index in [9.17, 15) is 40.5 Å². The van der Waals surface area contributed by atoms with Crippen molar-refractivity contribution in [2.24, 2.45) is 0 Å². The highest BCUT2D eigenvalue weighted by atomic mass is 16.7. The monoisotopic (exact) mass is 998 g/mol. The fraction of sp³-hybridized carbons (Fsp3) is 0.949. The number of unbranched alkanes of at least 4 members (excludes halogenated alkanes) is 38. The van der Waals surface area contributed by atoms with Crippen molar-refractivity contribution in [3.8, 4) is 0 Å². The Balaban J connectivity index is 2.19. The molecule has 1 fully saturated rings. The maximum atomic E-state index is 13.1. The van der Waals surface area contributed by atoms with Gasteiger partial charge in [-0.1, -0.05) is 264 Å². The number of carbonyl (C=O) groups is 1. The van der Waals surface area contributed by atoms with Crippen LogP contribution in [-0.2, 0) is 14.3 Å². The van der Waals surface area contributed by atoms with Crippen LogP contribution >= 0.6 is 0 Å². The van der Waals surface area contributed by atoms with E-state index in [4.69, 9.17) is 9.47 Å². The van der Waals surface area contributed by atoms with E-state index in [1.807, 2.05) is 0 Å². The maximum Gasteiger partial charge on any atom is 0.249 e. The molecule has 0 radical (unpaired) electrons. The molecule has 0 aromatic carbocycles. The number of allylic oxidation sites excluding steroid dienone is 2. The lowest BCUT2D eigenvalue weighted by Crippen LogP contribution is -2.60. The molecule has 1 heterocycles. The smallest absolute Gasteiger partial charge is 0.249 e. The Labute approximate surface area is 430 Å². The summed E-state index contributed by atoms with van der Waals surface area (Å²) in [5, 5.41) is 76.0. The van der Waals surface area contributed by atoms with Crippen molar-refractivity contribution < 1.29 is 50.0 Å². The fourth-order valence-corrected chi connectivity index (χ4v) is 9.91. The van der Waals surface area contributed by atoms with Gasteiger partial charge < -0.3 is 50.5 Å². The van der Waals surface area contributed by atoms with Gasteiger partial charge in [-0.05, 0) is 38.5 Å². The summed E-state index contributed by atoms with van der Waals surface area (Å²) in [6.07, 6.45) is 45.9. The van der Waals surface area contributed by atoms with Gasteiger partial charge in [0.15, 0.2) is 6.29 Å². The standard InChI is InChI=1S/C59H115NO10/c1-3-5-7-9-11-13-15-17-18-19-20-21-22-23-24-25-26-27-28-29-30-31-32-33-34-35-37-38-40-42-44-46-51(62)54(64)50(49-69-59-57(67)56(66)55(65)53(48-61)70-59)60-58(68)52(63)47-45-43-41-39-36-16-14-12-10-8-6-4-2/h36,39,50-57,59,61-67H,3-35,37-38,40-49H2,1-2H3,(H,60,68)/b39-36-. The predicted molar refractivity (Wildman–Crippen MR) is 289 cm³/mol. The summed E-state index contributed by atoms with van der Waals surface area (Å²) in [5.74, 6) is -0.710. The van der Waals surface area contributed by atoms with Crippen LogP contribution in [0.2, 0.25) is 0 Å². The van der Waals surface area contributed by atoms with Crippen molar-refractivity contribution in [2.45, 2.75) is 345 Å². The lowest BCUT2D eigenvalue weighted by Gasteiger charge is -2.40. The molecule has 0 saturated carbocycles. The first-order chi connectivity index (χ1) is 34.2. The molecule has 9 unspecified atom stereocenters. The quantitative estimate of drug-likeness (QED) is 0.0215. The van der Waals surface area contributed by atoms with E-state index in [-0.39, 0.29) is 6.42 Å². The number of aliphatic hydroxyl groups is 7. The van der Waals surface area contributed by atoms with Crippen LogP contribution in [0.3, 0.4) is 0 Å². The van der Waals surface area contributed by atoms with Crippen molar-refractivity contribution in [3.63, 3.8) is 0 Å². The summed E-state index contributed by atoms with van der Waals surface area (Å²) in [7, 11) is 0. The van der Waals surface area contributed by atoms with Gasteiger partial charge in [-0.2, -0.15) is 0 Å². The van der Waals surface area contributed by atoms with E-state index < -0.39 is 74.2 Å². The Kier molecular flexibility index (Phi) is 46.6. The molecule has 416 valence electrons. The summed E-state index contributed by atoms with van der Waals surface area (Å²) >= 11 is 0. The molecular weight excluding hydrogens is 883 g/mol. The van der Waals surface area contributed by atoms with Crippen LogP contribution in [0.25, 0.3) is 0 Å².